The van der Waals surface area contributed by atoms with E-state index in [0.29, 0.717) is 18.7 Å². The molecule has 0 spiro atoms. The van der Waals surface area contributed by atoms with E-state index in [-0.39, 0.29) is 27.9 Å². The lowest BCUT2D eigenvalue weighted by atomic mass is 9.93. The van der Waals surface area contributed by atoms with Gasteiger partial charge >= 0.3 is 0 Å². The van der Waals surface area contributed by atoms with Crippen LogP contribution in [0.15, 0.2) is 35.9 Å². The summed E-state index contributed by atoms with van der Waals surface area (Å²) in [5.41, 5.74) is 1.70. The van der Waals surface area contributed by atoms with Crippen LogP contribution in [-0.2, 0) is 9.59 Å². The molecule has 6 heteroatoms. The van der Waals surface area contributed by atoms with Crippen molar-refractivity contribution in [2.75, 3.05) is 32.7 Å². The van der Waals surface area contributed by atoms with Gasteiger partial charge < -0.3 is 0 Å². The van der Waals surface area contributed by atoms with Gasteiger partial charge in [0, 0.05) is 43.3 Å². The van der Waals surface area contributed by atoms with Gasteiger partial charge in [-0.15, -0.1) is 0 Å². The zero-order chi connectivity index (χ0) is 21.8. The number of thioether (sulfide) groups is 1. The van der Waals surface area contributed by atoms with Gasteiger partial charge in [-0.1, -0.05) is 42.5 Å². The standard InChI is InChI=1S/C25H33FN2O2S/c1-18(29)31-23-12-16-28(17-20(23)11-15-27-13-5-2-6-14-27)24(25(30)19-9-10-19)21-7-3-4-8-22(21)26/h3-4,7-8,11,19,23-24H,2,5-6,9-10,12-17H2,1H3. The van der Waals surface area contributed by atoms with Gasteiger partial charge in [0.2, 0.25) is 0 Å². The van der Waals surface area contributed by atoms with E-state index in [2.05, 4.69) is 15.9 Å². The molecule has 0 radical (unpaired) electrons. The van der Waals surface area contributed by atoms with Gasteiger partial charge in [0.05, 0.1) is 6.04 Å². The Balaban J connectivity index is 1.56. The summed E-state index contributed by atoms with van der Waals surface area (Å²) in [6.45, 7) is 6.07. The van der Waals surface area contributed by atoms with Crippen molar-refractivity contribution in [1.29, 1.82) is 0 Å². The highest BCUT2D eigenvalue weighted by atomic mass is 32.2. The first-order valence-electron chi connectivity index (χ1n) is 11.6. The molecular formula is C25H33FN2O2S. The molecule has 168 valence electrons. The number of benzene rings is 1. The van der Waals surface area contributed by atoms with E-state index in [1.807, 2.05) is 6.07 Å². The Labute approximate surface area is 189 Å². The Morgan fingerprint density at radius 2 is 1.87 bits per heavy atom. The van der Waals surface area contributed by atoms with Crippen LogP contribution in [0.5, 0.6) is 0 Å². The molecule has 3 aliphatic rings. The van der Waals surface area contributed by atoms with Crippen LogP contribution in [0.3, 0.4) is 0 Å². The second kappa shape index (κ2) is 10.4. The number of halogens is 1. The minimum Gasteiger partial charge on any atom is -0.300 e. The van der Waals surface area contributed by atoms with Crippen LogP contribution >= 0.6 is 11.8 Å². The predicted molar refractivity (Wildman–Crippen MR) is 123 cm³/mol. The van der Waals surface area contributed by atoms with Gasteiger partial charge in [-0.3, -0.25) is 19.4 Å². The Bertz CT molecular complexity index is 833. The molecule has 0 bridgehead atoms. The van der Waals surface area contributed by atoms with Crippen molar-refractivity contribution in [3.05, 3.63) is 47.3 Å². The lowest BCUT2D eigenvalue weighted by molar-refractivity contribution is -0.126. The second-order valence-corrected chi connectivity index (χ2v) is 10.5. The van der Waals surface area contributed by atoms with Gasteiger partial charge in [-0.05, 0) is 56.8 Å². The van der Waals surface area contributed by atoms with Gasteiger partial charge in [-0.2, -0.15) is 0 Å². The number of Topliss-reactive ketones (excluding diaryl/α,β-unsaturated/α-hetero) is 1. The van der Waals surface area contributed by atoms with E-state index >= 15 is 0 Å². The molecule has 2 aliphatic heterocycles. The first kappa shape index (κ1) is 22.7. The minimum absolute atomic E-state index is 0.0645. The molecule has 1 aromatic carbocycles. The van der Waals surface area contributed by atoms with Crippen molar-refractivity contribution < 1.29 is 14.0 Å². The van der Waals surface area contributed by atoms with E-state index in [0.717, 1.165) is 38.9 Å². The second-order valence-electron chi connectivity index (χ2n) is 9.10. The summed E-state index contributed by atoms with van der Waals surface area (Å²) in [5, 5.41) is 0.276. The lowest BCUT2D eigenvalue weighted by Gasteiger charge is -2.39. The molecule has 1 aliphatic carbocycles. The van der Waals surface area contributed by atoms with Crippen LogP contribution in [0.2, 0.25) is 0 Å². The van der Waals surface area contributed by atoms with Crippen LogP contribution in [0.1, 0.15) is 57.1 Å². The summed E-state index contributed by atoms with van der Waals surface area (Å²) >= 11 is 1.40. The van der Waals surface area contributed by atoms with Crippen LogP contribution in [0, 0.1) is 11.7 Å². The van der Waals surface area contributed by atoms with E-state index in [9.17, 15) is 14.0 Å². The first-order valence-corrected chi connectivity index (χ1v) is 12.5. The Kier molecular flexibility index (Phi) is 7.62. The van der Waals surface area contributed by atoms with E-state index in [1.54, 1.807) is 19.1 Å². The summed E-state index contributed by atoms with van der Waals surface area (Å²) in [6.07, 6.45) is 8.70. The molecule has 2 unspecified atom stereocenters. The molecule has 4 rings (SSSR count). The van der Waals surface area contributed by atoms with E-state index < -0.39 is 6.04 Å². The number of likely N-dealkylation sites (tertiary alicyclic amines) is 2. The molecule has 31 heavy (non-hydrogen) atoms. The predicted octanol–water partition coefficient (Wildman–Crippen LogP) is 4.61. The Hall–Kier alpha value is -1.50. The first-order chi connectivity index (χ1) is 15.0. The van der Waals surface area contributed by atoms with Crippen molar-refractivity contribution in [2.24, 2.45) is 5.92 Å². The molecule has 3 fully saturated rings. The third kappa shape index (κ3) is 5.85. The molecule has 0 amide bonds. The highest BCUT2D eigenvalue weighted by molar-refractivity contribution is 8.14. The fourth-order valence-corrected chi connectivity index (χ4v) is 5.79. The Morgan fingerprint density at radius 3 is 2.55 bits per heavy atom. The maximum Gasteiger partial charge on any atom is 0.186 e. The lowest BCUT2D eigenvalue weighted by Crippen LogP contribution is -2.43. The van der Waals surface area contributed by atoms with E-state index in [1.165, 1.54) is 42.7 Å². The number of ketones is 1. The summed E-state index contributed by atoms with van der Waals surface area (Å²) < 4.78 is 14.7. The quantitative estimate of drug-likeness (QED) is 0.575. The summed E-state index contributed by atoms with van der Waals surface area (Å²) in [4.78, 5) is 29.7. The molecule has 2 atom stereocenters. The number of nitrogens with zero attached hydrogens (tertiary/aromatic N) is 2. The highest BCUT2D eigenvalue weighted by Crippen LogP contribution is 2.40. The number of carbonyl (C=O) groups is 2. The third-order valence-electron chi connectivity index (χ3n) is 6.66. The fourth-order valence-electron chi connectivity index (χ4n) is 4.84. The molecule has 1 saturated carbocycles. The maximum absolute atomic E-state index is 14.7. The van der Waals surface area contributed by atoms with Crippen molar-refractivity contribution >= 4 is 22.7 Å². The Morgan fingerprint density at radius 1 is 1.13 bits per heavy atom. The van der Waals surface area contributed by atoms with Gasteiger partial charge in [0.15, 0.2) is 10.9 Å². The zero-order valence-electron chi connectivity index (χ0n) is 18.4. The van der Waals surface area contributed by atoms with Crippen LogP contribution < -0.4 is 0 Å². The molecule has 2 heterocycles. The van der Waals surface area contributed by atoms with E-state index in [4.69, 9.17) is 0 Å². The summed E-state index contributed by atoms with van der Waals surface area (Å²) in [7, 11) is 0. The molecule has 4 nitrogen and oxygen atoms in total. The highest BCUT2D eigenvalue weighted by Gasteiger charge is 2.41. The SMILES string of the molecule is CC(=O)SC1CCN(C(C(=O)C2CC2)c2ccccc2F)CC1=CCN1CCCCC1. The molecule has 1 aromatic rings. The summed E-state index contributed by atoms with van der Waals surface area (Å²) in [6, 6.07) is 6.17. The molecule has 2 saturated heterocycles. The molecule has 0 aromatic heterocycles. The van der Waals surface area contributed by atoms with Gasteiger partial charge in [0.25, 0.3) is 0 Å². The van der Waals surface area contributed by atoms with Crippen molar-refractivity contribution in [2.45, 2.75) is 56.7 Å². The minimum atomic E-state index is -0.532. The normalized spacial score (nSPS) is 25.5. The van der Waals surface area contributed by atoms with Crippen molar-refractivity contribution in [1.82, 2.24) is 9.80 Å². The van der Waals surface area contributed by atoms with Crippen LogP contribution in [0.4, 0.5) is 4.39 Å². The van der Waals surface area contributed by atoms with Crippen LogP contribution in [0.25, 0.3) is 0 Å². The fraction of sp³-hybridized carbons (Fsp3) is 0.600. The maximum atomic E-state index is 14.7. The summed E-state index contributed by atoms with van der Waals surface area (Å²) in [5.74, 6) is -0.0894. The van der Waals surface area contributed by atoms with Crippen molar-refractivity contribution in [3.63, 3.8) is 0 Å². The monoisotopic (exact) mass is 444 g/mol. The number of hydrogen-bond donors (Lipinski definition) is 0. The average molecular weight is 445 g/mol. The van der Waals surface area contributed by atoms with Crippen LogP contribution in [-0.4, -0.2) is 58.7 Å². The third-order valence-corrected chi connectivity index (χ3v) is 7.82. The zero-order valence-corrected chi connectivity index (χ0v) is 19.2. The topological polar surface area (TPSA) is 40.6 Å². The smallest absolute Gasteiger partial charge is 0.186 e. The molecular weight excluding hydrogens is 411 g/mol. The largest absolute Gasteiger partial charge is 0.300 e. The number of rotatable bonds is 7. The number of carbonyl (C=O) groups excluding carboxylic acids is 2. The van der Waals surface area contributed by atoms with Gasteiger partial charge in [-0.25, -0.2) is 4.39 Å². The number of piperidine rings is 2. The molecule has 0 N–H and O–H groups in total. The average Bonchev–Trinajstić information content (AvgIpc) is 3.61. The van der Waals surface area contributed by atoms with Crippen molar-refractivity contribution in [3.8, 4) is 0 Å². The number of hydrogen-bond acceptors (Lipinski definition) is 5. The van der Waals surface area contributed by atoms with Gasteiger partial charge in [0.1, 0.15) is 5.82 Å².